The Morgan fingerprint density at radius 3 is 1.96 bits per heavy atom. The van der Waals surface area contributed by atoms with E-state index in [9.17, 15) is 14.4 Å². The normalized spacial score (nSPS) is 14.5. The van der Waals surface area contributed by atoms with Gasteiger partial charge in [0.2, 0.25) is 5.91 Å². The number of rotatable bonds is 6. The molecule has 8 heteroatoms. The Morgan fingerprint density at radius 1 is 0.880 bits per heavy atom. The number of nitrogens with zero attached hydrogens (tertiary/aromatic N) is 2. The van der Waals surface area contributed by atoms with Crippen molar-refractivity contribution in [2.24, 2.45) is 0 Å². The van der Waals surface area contributed by atoms with E-state index in [0.717, 1.165) is 0 Å². The number of carboxylic acids is 1. The van der Waals surface area contributed by atoms with Crippen molar-refractivity contribution in [3.8, 4) is 0 Å². The van der Waals surface area contributed by atoms with E-state index in [2.05, 4.69) is 0 Å². The average Bonchev–Trinajstić information content (AvgIpc) is 2.57. The van der Waals surface area contributed by atoms with Crippen LogP contribution in [0.5, 0.6) is 0 Å². The third-order valence-electron chi connectivity index (χ3n) is 4.06. The highest BCUT2D eigenvalue weighted by atomic mass is 35.5. The fourth-order valence-corrected chi connectivity index (χ4v) is 3.26. The fraction of sp³-hybridized carbons (Fsp3) is 0.471. The lowest BCUT2D eigenvalue weighted by Crippen LogP contribution is -2.50. The highest BCUT2D eigenvalue weighted by Crippen LogP contribution is 2.21. The molecule has 1 aromatic carbocycles. The van der Waals surface area contributed by atoms with E-state index in [1.165, 1.54) is 0 Å². The summed E-state index contributed by atoms with van der Waals surface area (Å²) in [5, 5.41) is 9.40. The van der Waals surface area contributed by atoms with E-state index in [0.29, 0.717) is 61.1 Å². The third-order valence-corrected chi connectivity index (χ3v) is 4.50. The monoisotopic (exact) mass is 386 g/mol. The van der Waals surface area contributed by atoms with E-state index < -0.39 is 5.97 Å². The van der Waals surface area contributed by atoms with E-state index in [1.54, 1.807) is 28.0 Å². The summed E-state index contributed by atoms with van der Waals surface area (Å²) >= 11 is 11.9. The summed E-state index contributed by atoms with van der Waals surface area (Å²) in [6.45, 7) is 1.84. The van der Waals surface area contributed by atoms with Crippen LogP contribution in [0, 0.1) is 0 Å². The molecule has 0 spiro atoms. The van der Waals surface area contributed by atoms with E-state index in [4.69, 9.17) is 28.3 Å². The maximum absolute atomic E-state index is 12.5. The molecular formula is C17H20Cl2N2O4. The van der Waals surface area contributed by atoms with Crippen molar-refractivity contribution in [1.82, 2.24) is 9.80 Å². The zero-order valence-electron chi connectivity index (χ0n) is 13.7. The third kappa shape index (κ3) is 5.90. The summed E-state index contributed by atoms with van der Waals surface area (Å²) in [4.78, 5) is 38.5. The van der Waals surface area contributed by atoms with Gasteiger partial charge in [-0.05, 0) is 31.0 Å². The smallest absolute Gasteiger partial charge is 0.303 e. The van der Waals surface area contributed by atoms with Crippen molar-refractivity contribution in [2.75, 3.05) is 26.2 Å². The van der Waals surface area contributed by atoms with Gasteiger partial charge in [-0.15, -0.1) is 0 Å². The van der Waals surface area contributed by atoms with Gasteiger partial charge in [-0.1, -0.05) is 23.2 Å². The molecule has 1 heterocycles. The quantitative estimate of drug-likeness (QED) is 0.762. The van der Waals surface area contributed by atoms with Gasteiger partial charge in [0.1, 0.15) is 0 Å². The second kappa shape index (κ2) is 9.06. The fourth-order valence-electron chi connectivity index (χ4n) is 2.73. The number of halogens is 2. The Morgan fingerprint density at radius 2 is 1.40 bits per heavy atom. The topological polar surface area (TPSA) is 77.9 Å². The molecule has 0 aliphatic carbocycles. The van der Waals surface area contributed by atoms with Crippen LogP contribution in [0.25, 0.3) is 0 Å². The van der Waals surface area contributed by atoms with Gasteiger partial charge in [0.25, 0.3) is 5.91 Å². The number of carboxylic acid groups (broad SMARTS) is 1. The van der Waals surface area contributed by atoms with Crippen LogP contribution < -0.4 is 0 Å². The number of carbonyl (C=O) groups is 3. The molecule has 1 aromatic rings. The second-order valence-electron chi connectivity index (χ2n) is 5.93. The summed E-state index contributed by atoms with van der Waals surface area (Å²) in [6.07, 6.45) is 1.48. The first-order chi connectivity index (χ1) is 11.9. The number of amides is 2. The molecule has 1 fully saturated rings. The first-order valence-electron chi connectivity index (χ1n) is 8.12. The lowest BCUT2D eigenvalue weighted by atomic mass is 10.1. The molecular weight excluding hydrogens is 367 g/mol. The minimum Gasteiger partial charge on any atom is -0.481 e. The van der Waals surface area contributed by atoms with E-state index in [1.807, 2.05) is 0 Å². The van der Waals surface area contributed by atoms with Crippen molar-refractivity contribution in [3.05, 3.63) is 33.8 Å². The van der Waals surface area contributed by atoms with Gasteiger partial charge in [0.15, 0.2) is 0 Å². The first-order valence-corrected chi connectivity index (χ1v) is 8.87. The number of unbranched alkanes of at least 4 members (excludes halogenated alkanes) is 1. The van der Waals surface area contributed by atoms with Crippen LogP contribution in [-0.4, -0.2) is 58.9 Å². The van der Waals surface area contributed by atoms with Crippen molar-refractivity contribution in [2.45, 2.75) is 25.7 Å². The molecule has 0 saturated carbocycles. The Labute approximate surface area is 156 Å². The summed E-state index contributed by atoms with van der Waals surface area (Å²) in [6, 6.07) is 4.73. The van der Waals surface area contributed by atoms with Crippen LogP contribution in [0.1, 0.15) is 36.0 Å². The minimum atomic E-state index is -0.847. The van der Waals surface area contributed by atoms with Crippen LogP contribution in [0.2, 0.25) is 10.0 Å². The van der Waals surface area contributed by atoms with Crippen LogP contribution in [0.15, 0.2) is 18.2 Å². The molecule has 1 aliphatic heterocycles. The molecule has 1 saturated heterocycles. The summed E-state index contributed by atoms with van der Waals surface area (Å²) in [5.74, 6) is -0.998. The Kier molecular flexibility index (Phi) is 7.08. The second-order valence-corrected chi connectivity index (χ2v) is 6.80. The molecule has 0 atom stereocenters. The van der Waals surface area contributed by atoms with Crippen LogP contribution in [0.3, 0.4) is 0 Å². The van der Waals surface area contributed by atoms with Crippen LogP contribution in [0.4, 0.5) is 0 Å². The standard InChI is InChI=1S/C17H20Cl2N2O4/c18-13-9-12(10-14(19)11-13)17(25)21-7-5-20(6-8-21)15(22)3-1-2-4-16(23)24/h9-11H,1-8H2,(H,23,24). The van der Waals surface area contributed by atoms with Gasteiger partial charge < -0.3 is 14.9 Å². The molecule has 2 amide bonds. The molecule has 0 unspecified atom stereocenters. The number of aliphatic carboxylic acids is 1. The Hall–Kier alpha value is -1.79. The van der Waals surface area contributed by atoms with Crippen molar-refractivity contribution in [1.29, 1.82) is 0 Å². The summed E-state index contributed by atoms with van der Waals surface area (Å²) in [5.41, 5.74) is 0.436. The predicted molar refractivity (Wildman–Crippen MR) is 95.0 cm³/mol. The maximum Gasteiger partial charge on any atom is 0.303 e. The van der Waals surface area contributed by atoms with Crippen LogP contribution in [-0.2, 0) is 9.59 Å². The van der Waals surface area contributed by atoms with Gasteiger partial charge in [-0.2, -0.15) is 0 Å². The van der Waals surface area contributed by atoms with Gasteiger partial charge in [0.05, 0.1) is 0 Å². The molecule has 25 heavy (non-hydrogen) atoms. The van der Waals surface area contributed by atoms with Gasteiger partial charge >= 0.3 is 5.97 Å². The predicted octanol–water partition coefficient (Wildman–Crippen LogP) is 2.92. The molecule has 0 bridgehead atoms. The SMILES string of the molecule is O=C(O)CCCCC(=O)N1CCN(C(=O)c2cc(Cl)cc(Cl)c2)CC1. The van der Waals surface area contributed by atoms with Crippen LogP contribution >= 0.6 is 23.2 Å². The largest absolute Gasteiger partial charge is 0.481 e. The number of hydrogen-bond donors (Lipinski definition) is 1. The number of piperazine rings is 1. The zero-order chi connectivity index (χ0) is 18.4. The molecule has 1 N–H and O–H groups in total. The molecule has 2 rings (SSSR count). The molecule has 0 radical (unpaired) electrons. The highest BCUT2D eigenvalue weighted by molar-refractivity contribution is 6.35. The lowest BCUT2D eigenvalue weighted by molar-refractivity contribution is -0.137. The lowest BCUT2D eigenvalue weighted by Gasteiger charge is -2.35. The zero-order valence-corrected chi connectivity index (χ0v) is 15.2. The molecule has 6 nitrogen and oxygen atoms in total. The number of benzene rings is 1. The Bertz CT molecular complexity index is 638. The summed E-state index contributed by atoms with van der Waals surface area (Å²) < 4.78 is 0. The van der Waals surface area contributed by atoms with Crippen molar-refractivity contribution in [3.63, 3.8) is 0 Å². The summed E-state index contributed by atoms with van der Waals surface area (Å²) in [7, 11) is 0. The minimum absolute atomic E-state index is 0.00304. The average molecular weight is 387 g/mol. The van der Waals surface area contributed by atoms with Crippen molar-refractivity contribution >= 4 is 41.0 Å². The van der Waals surface area contributed by atoms with Gasteiger partial charge in [-0.25, -0.2) is 0 Å². The molecule has 1 aliphatic rings. The van der Waals surface area contributed by atoms with E-state index >= 15 is 0 Å². The van der Waals surface area contributed by atoms with Crippen molar-refractivity contribution < 1.29 is 19.5 Å². The van der Waals surface area contributed by atoms with Gasteiger partial charge in [-0.3, -0.25) is 14.4 Å². The number of hydrogen-bond acceptors (Lipinski definition) is 3. The maximum atomic E-state index is 12.5. The number of carbonyl (C=O) groups excluding carboxylic acids is 2. The molecule has 0 aromatic heterocycles. The first kappa shape index (κ1) is 19.5. The highest BCUT2D eigenvalue weighted by Gasteiger charge is 2.25. The Balaban J connectivity index is 1.81. The van der Waals surface area contributed by atoms with E-state index in [-0.39, 0.29) is 18.2 Å². The molecule has 136 valence electrons. The van der Waals surface area contributed by atoms with Gasteiger partial charge in [0, 0.05) is 54.6 Å².